The van der Waals surface area contributed by atoms with E-state index in [1.165, 1.54) is 11.3 Å². The van der Waals surface area contributed by atoms with E-state index in [1.54, 1.807) is 0 Å². The molecule has 2 heterocycles. The monoisotopic (exact) mass is 347 g/mol. The zero-order chi connectivity index (χ0) is 13.3. The van der Waals surface area contributed by atoms with Crippen LogP contribution in [0.4, 0.5) is 8.78 Å². The average Bonchev–Trinajstić information content (AvgIpc) is 2.79. The minimum absolute atomic E-state index is 0. The van der Waals surface area contributed by atoms with E-state index in [4.69, 9.17) is 0 Å². The lowest BCUT2D eigenvalue weighted by Gasteiger charge is -2.09. The number of aryl methyl sites for hydroxylation is 2. The molecular weight excluding hydrogens is 331 g/mol. The van der Waals surface area contributed by atoms with Crippen LogP contribution in [0, 0.1) is 13.8 Å². The van der Waals surface area contributed by atoms with Crippen LogP contribution in [0.3, 0.4) is 0 Å². The fourth-order valence-electron chi connectivity index (χ4n) is 1.80. The third kappa shape index (κ3) is 4.80. The summed E-state index contributed by atoms with van der Waals surface area (Å²) in [6.07, 6.45) is -0.436. The minimum Gasteiger partial charge on any atom is -0.348 e. The van der Waals surface area contributed by atoms with Crippen molar-refractivity contribution in [3.8, 4) is 0 Å². The Hall–Kier alpha value is -0.500. The van der Waals surface area contributed by atoms with Crippen molar-refractivity contribution in [3.63, 3.8) is 0 Å². The first-order valence-corrected chi connectivity index (χ1v) is 6.51. The topological polar surface area (TPSA) is 54.0 Å². The van der Waals surface area contributed by atoms with Crippen molar-refractivity contribution in [1.29, 1.82) is 0 Å². The molecule has 0 saturated carbocycles. The van der Waals surface area contributed by atoms with Gasteiger partial charge < -0.3 is 5.32 Å². The van der Waals surface area contributed by atoms with E-state index in [2.05, 4.69) is 15.6 Å². The van der Waals surface area contributed by atoms with Crippen molar-refractivity contribution in [2.45, 2.75) is 38.8 Å². The number of alkyl halides is 2. The molecule has 1 saturated heterocycles. The molecule has 116 valence electrons. The Labute approximate surface area is 132 Å². The highest BCUT2D eigenvalue weighted by atomic mass is 35.5. The van der Waals surface area contributed by atoms with Gasteiger partial charge in [-0.25, -0.2) is 13.8 Å². The normalized spacial score (nSPS) is 19.9. The minimum atomic E-state index is -2.78. The van der Waals surface area contributed by atoms with E-state index in [0.717, 1.165) is 15.6 Å². The van der Waals surface area contributed by atoms with E-state index in [0.29, 0.717) is 6.54 Å². The first kappa shape index (κ1) is 19.5. The summed E-state index contributed by atoms with van der Waals surface area (Å²) in [5, 5.41) is 5.95. The fourth-order valence-corrected chi connectivity index (χ4v) is 2.68. The Morgan fingerprint density at radius 3 is 2.60 bits per heavy atom. The highest BCUT2D eigenvalue weighted by molar-refractivity contribution is 7.11. The summed E-state index contributed by atoms with van der Waals surface area (Å²) in [6.45, 7) is 3.72. The molecule has 2 N–H and O–H groups in total. The van der Waals surface area contributed by atoms with Gasteiger partial charge in [-0.1, -0.05) is 0 Å². The lowest BCUT2D eigenvalue weighted by molar-refractivity contribution is -0.123. The molecule has 1 aromatic rings. The first-order valence-electron chi connectivity index (χ1n) is 5.69. The maximum absolute atomic E-state index is 12.9. The lowest BCUT2D eigenvalue weighted by atomic mass is 10.2. The van der Waals surface area contributed by atoms with E-state index in [1.807, 2.05) is 13.8 Å². The van der Waals surface area contributed by atoms with Crippen molar-refractivity contribution >= 4 is 42.1 Å². The zero-order valence-corrected chi connectivity index (χ0v) is 13.5. The highest BCUT2D eigenvalue weighted by Gasteiger charge is 2.42. The molecular formula is C11H17Cl2F2N3OS. The van der Waals surface area contributed by atoms with E-state index < -0.39 is 30.8 Å². The Balaban J connectivity index is 0.00000180. The second kappa shape index (κ2) is 7.49. The summed E-state index contributed by atoms with van der Waals surface area (Å²) in [5.74, 6) is -3.17. The molecule has 1 unspecified atom stereocenters. The van der Waals surface area contributed by atoms with Gasteiger partial charge in [0.25, 0.3) is 5.92 Å². The second-order valence-corrected chi connectivity index (χ2v) is 5.75. The molecule has 2 rings (SSSR count). The van der Waals surface area contributed by atoms with Crippen molar-refractivity contribution in [2.75, 3.05) is 6.54 Å². The zero-order valence-electron chi connectivity index (χ0n) is 11.0. The number of nitrogens with zero attached hydrogens (tertiary/aromatic N) is 1. The van der Waals surface area contributed by atoms with Crippen LogP contribution in [0.15, 0.2) is 0 Å². The number of aromatic nitrogens is 1. The van der Waals surface area contributed by atoms with Crippen molar-refractivity contribution in [2.24, 2.45) is 0 Å². The first-order chi connectivity index (χ1) is 8.37. The predicted molar refractivity (Wildman–Crippen MR) is 79.3 cm³/mol. The lowest BCUT2D eigenvalue weighted by Crippen LogP contribution is -2.40. The molecule has 4 nitrogen and oxygen atoms in total. The molecule has 20 heavy (non-hydrogen) atoms. The molecule has 1 amide bonds. The standard InChI is InChI=1S/C11H15F2N3OS.2ClH/c1-6-7(2)18-9(16-6)4-14-10(17)8-3-11(12,13)5-15-8;;/h8,15H,3-5H2,1-2H3,(H,14,17);2*1H. The third-order valence-corrected chi connectivity index (χ3v) is 3.99. The van der Waals surface area contributed by atoms with Crippen LogP contribution in [-0.2, 0) is 11.3 Å². The maximum atomic E-state index is 12.9. The number of hydrogen-bond donors (Lipinski definition) is 2. The van der Waals surface area contributed by atoms with Crippen LogP contribution in [0.2, 0.25) is 0 Å². The van der Waals surface area contributed by atoms with Gasteiger partial charge in [-0.2, -0.15) is 0 Å². The second-order valence-electron chi connectivity index (χ2n) is 4.46. The highest BCUT2D eigenvalue weighted by Crippen LogP contribution is 2.25. The number of hydrogen-bond acceptors (Lipinski definition) is 4. The summed E-state index contributed by atoms with van der Waals surface area (Å²) in [7, 11) is 0. The van der Waals surface area contributed by atoms with Gasteiger partial charge in [0.15, 0.2) is 0 Å². The van der Waals surface area contributed by atoms with Crippen LogP contribution in [0.25, 0.3) is 0 Å². The summed E-state index contributed by atoms with van der Waals surface area (Å²) in [5.41, 5.74) is 0.940. The number of amides is 1. The SMILES string of the molecule is Cc1nc(CNC(=O)C2CC(F)(F)CN2)sc1C.Cl.Cl. The van der Waals surface area contributed by atoms with E-state index >= 15 is 0 Å². The molecule has 1 fully saturated rings. The van der Waals surface area contributed by atoms with Crippen LogP contribution in [0.1, 0.15) is 22.0 Å². The quantitative estimate of drug-likeness (QED) is 0.881. The number of rotatable bonds is 3. The van der Waals surface area contributed by atoms with Crippen molar-refractivity contribution < 1.29 is 13.6 Å². The number of thiazole rings is 1. The Morgan fingerprint density at radius 1 is 1.50 bits per heavy atom. The Bertz CT molecular complexity index is 451. The molecule has 0 spiro atoms. The number of carbonyl (C=O) groups excluding carboxylic acids is 1. The molecule has 0 radical (unpaired) electrons. The van der Waals surface area contributed by atoms with Gasteiger partial charge in [0.2, 0.25) is 5.91 Å². The average molecular weight is 348 g/mol. The van der Waals surface area contributed by atoms with Crippen LogP contribution >= 0.6 is 36.2 Å². The van der Waals surface area contributed by atoms with Gasteiger partial charge in [-0.3, -0.25) is 10.1 Å². The molecule has 0 aliphatic carbocycles. The molecule has 0 aromatic carbocycles. The summed E-state index contributed by atoms with van der Waals surface area (Å²) < 4.78 is 25.8. The number of carbonyl (C=O) groups is 1. The van der Waals surface area contributed by atoms with Crippen molar-refractivity contribution in [1.82, 2.24) is 15.6 Å². The maximum Gasteiger partial charge on any atom is 0.262 e. The third-order valence-electron chi connectivity index (χ3n) is 2.91. The largest absolute Gasteiger partial charge is 0.348 e. The van der Waals surface area contributed by atoms with Gasteiger partial charge in [-0.15, -0.1) is 36.2 Å². The van der Waals surface area contributed by atoms with Gasteiger partial charge in [-0.05, 0) is 13.8 Å². The van der Waals surface area contributed by atoms with Gasteiger partial charge in [0.1, 0.15) is 5.01 Å². The molecule has 1 aliphatic heterocycles. The molecule has 1 aromatic heterocycles. The fraction of sp³-hybridized carbons (Fsp3) is 0.636. The van der Waals surface area contributed by atoms with Gasteiger partial charge in [0.05, 0.1) is 24.8 Å². The smallest absolute Gasteiger partial charge is 0.262 e. The van der Waals surface area contributed by atoms with Gasteiger partial charge >= 0.3 is 0 Å². The van der Waals surface area contributed by atoms with Gasteiger partial charge in [0, 0.05) is 11.3 Å². The molecule has 0 bridgehead atoms. The van der Waals surface area contributed by atoms with E-state index in [-0.39, 0.29) is 24.8 Å². The van der Waals surface area contributed by atoms with Crippen LogP contribution in [-0.4, -0.2) is 29.4 Å². The predicted octanol–water partition coefficient (Wildman–Crippen LogP) is 2.22. The van der Waals surface area contributed by atoms with Crippen LogP contribution < -0.4 is 10.6 Å². The van der Waals surface area contributed by atoms with E-state index in [9.17, 15) is 13.6 Å². The molecule has 9 heteroatoms. The summed E-state index contributed by atoms with van der Waals surface area (Å²) in [4.78, 5) is 17.0. The van der Waals surface area contributed by atoms with Crippen molar-refractivity contribution in [3.05, 3.63) is 15.6 Å². The summed E-state index contributed by atoms with van der Waals surface area (Å²) >= 11 is 1.50. The van der Waals surface area contributed by atoms with Crippen LogP contribution in [0.5, 0.6) is 0 Å². The molecule has 1 atom stereocenters. The number of nitrogens with one attached hydrogen (secondary N) is 2. The Kier molecular flexibility index (Phi) is 7.30. The molecule has 1 aliphatic rings. The summed E-state index contributed by atoms with van der Waals surface area (Å²) in [6, 6.07) is -0.804. The number of halogens is 4. The Morgan fingerprint density at radius 2 is 2.15 bits per heavy atom.